The predicted molar refractivity (Wildman–Crippen MR) is 82.4 cm³/mol. The van der Waals surface area contributed by atoms with E-state index < -0.39 is 0 Å². The number of nitrogens with zero attached hydrogens (tertiary/aromatic N) is 2. The van der Waals surface area contributed by atoms with Crippen LogP contribution in [-0.4, -0.2) is 23.8 Å². The highest BCUT2D eigenvalue weighted by molar-refractivity contribution is 6.30. The molecule has 1 aromatic carbocycles. The minimum atomic E-state index is -0.165. The number of hydrogen-bond acceptors (Lipinski definition) is 3. The second kappa shape index (κ2) is 4.61. The summed E-state index contributed by atoms with van der Waals surface area (Å²) in [6.45, 7) is 2.82. The Hall–Kier alpha value is -1.78. The highest BCUT2D eigenvalue weighted by Crippen LogP contribution is 2.40. The summed E-state index contributed by atoms with van der Waals surface area (Å²) in [6.07, 6.45) is 4.40. The molecule has 21 heavy (non-hydrogen) atoms. The van der Waals surface area contributed by atoms with E-state index in [0.717, 1.165) is 23.1 Å². The molecule has 0 radical (unpaired) electrons. The number of nitrogens with one attached hydrogen (secondary N) is 1. The van der Waals surface area contributed by atoms with Crippen LogP contribution in [0.25, 0.3) is 0 Å². The number of allylic oxidation sites excluding steroid dienone is 3. The minimum absolute atomic E-state index is 0.0759. The first-order valence-electron chi connectivity index (χ1n) is 7.11. The summed E-state index contributed by atoms with van der Waals surface area (Å²) in [4.78, 5) is 17.0. The van der Waals surface area contributed by atoms with Crippen LogP contribution in [0.15, 0.2) is 47.1 Å². The smallest absolute Gasteiger partial charge is 0.239 e. The van der Waals surface area contributed by atoms with Crippen LogP contribution in [-0.2, 0) is 4.79 Å². The Morgan fingerprint density at radius 3 is 2.67 bits per heavy atom. The Kier molecular flexibility index (Phi) is 2.84. The Labute approximate surface area is 128 Å². The molecule has 0 bridgehead atoms. The van der Waals surface area contributed by atoms with Gasteiger partial charge in [0.2, 0.25) is 5.91 Å². The van der Waals surface area contributed by atoms with Crippen LogP contribution in [0, 0.1) is 12.8 Å². The molecule has 2 saturated heterocycles. The molecule has 2 fully saturated rings. The molecule has 0 aromatic heterocycles. The monoisotopic (exact) mass is 301 g/mol. The van der Waals surface area contributed by atoms with E-state index in [2.05, 4.69) is 10.2 Å². The van der Waals surface area contributed by atoms with Crippen LogP contribution in [0.1, 0.15) is 12.0 Å². The third-order valence-corrected chi connectivity index (χ3v) is 4.63. The van der Waals surface area contributed by atoms with Crippen LogP contribution in [0.3, 0.4) is 0 Å². The molecule has 1 aromatic rings. The van der Waals surface area contributed by atoms with E-state index in [-0.39, 0.29) is 18.1 Å². The first-order chi connectivity index (χ1) is 10.1. The molecule has 4 rings (SSSR count). The number of fused-ring (bicyclic) bond motifs is 3. The second-order valence-corrected chi connectivity index (χ2v) is 6.20. The third kappa shape index (κ3) is 1.90. The number of hydrogen-bond donors (Lipinski definition) is 1. The van der Waals surface area contributed by atoms with Crippen molar-refractivity contribution < 1.29 is 4.79 Å². The van der Waals surface area contributed by atoms with Crippen molar-refractivity contribution in [3.63, 3.8) is 0 Å². The molecule has 3 aliphatic rings. The molecule has 1 aliphatic carbocycles. The number of carbonyl (C=O) groups is 1. The molecular formula is C16H16ClN3O. The van der Waals surface area contributed by atoms with Crippen molar-refractivity contribution >= 4 is 23.2 Å². The van der Waals surface area contributed by atoms with Crippen LogP contribution in [0.2, 0.25) is 0 Å². The maximum atomic E-state index is 12.9. The third-order valence-electron chi connectivity index (χ3n) is 4.35. The van der Waals surface area contributed by atoms with Crippen LogP contribution in [0.4, 0.5) is 5.69 Å². The molecule has 1 N–H and O–H groups in total. The van der Waals surface area contributed by atoms with Gasteiger partial charge in [0, 0.05) is 22.8 Å². The van der Waals surface area contributed by atoms with E-state index in [1.165, 1.54) is 5.56 Å². The van der Waals surface area contributed by atoms with Gasteiger partial charge in [-0.3, -0.25) is 15.0 Å². The number of rotatable bonds is 1. The van der Waals surface area contributed by atoms with E-state index >= 15 is 0 Å². The standard InChI is InChI=1S/C16H16ClN3O/c1-10-2-5-12(6-3-10)20-15(21)13-8-11(17)4-7-14(13)19-9-18-16(19)20/h2-7,13,16,18H,8-9H2,1H3. The zero-order valence-corrected chi connectivity index (χ0v) is 12.5. The summed E-state index contributed by atoms with van der Waals surface area (Å²) in [5.74, 6) is -0.0491. The molecule has 5 heteroatoms. The van der Waals surface area contributed by atoms with Crippen molar-refractivity contribution in [2.75, 3.05) is 11.6 Å². The van der Waals surface area contributed by atoms with E-state index in [0.29, 0.717) is 6.42 Å². The molecule has 2 heterocycles. The fraction of sp³-hybridized carbons (Fsp3) is 0.312. The summed E-state index contributed by atoms with van der Waals surface area (Å²) < 4.78 is 0. The molecule has 0 saturated carbocycles. The topological polar surface area (TPSA) is 35.6 Å². The molecule has 2 atom stereocenters. The number of carbonyl (C=O) groups excluding carboxylic acids is 1. The zero-order chi connectivity index (χ0) is 14.6. The second-order valence-electron chi connectivity index (χ2n) is 5.71. The lowest BCUT2D eigenvalue weighted by molar-refractivity contribution is -0.129. The number of benzene rings is 1. The Bertz CT molecular complexity index is 665. The lowest BCUT2D eigenvalue weighted by Gasteiger charge is -2.56. The SMILES string of the molecule is Cc1ccc(N2C(=O)C3CC(Cl)=CC=C3N3CNC32)cc1. The lowest BCUT2D eigenvalue weighted by Crippen LogP contribution is -2.74. The Morgan fingerprint density at radius 2 is 2.00 bits per heavy atom. The van der Waals surface area contributed by atoms with Gasteiger partial charge in [-0.15, -0.1) is 0 Å². The fourth-order valence-electron chi connectivity index (χ4n) is 3.16. The van der Waals surface area contributed by atoms with Crippen molar-refractivity contribution in [3.05, 3.63) is 52.7 Å². The van der Waals surface area contributed by atoms with E-state index in [9.17, 15) is 4.79 Å². The lowest BCUT2D eigenvalue weighted by atomic mass is 9.90. The van der Waals surface area contributed by atoms with Crippen LogP contribution < -0.4 is 10.2 Å². The fourth-order valence-corrected chi connectivity index (χ4v) is 3.38. The van der Waals surface area contributed by atoms with Crippen LogP contribution >= 0.6 is 11.6 Å². The first-order valence-corrected chi connectivity index (χ1v) is 7.49. The van der Waals surface area contributed by atoms with E-state index in [1.807, 2.05) is 48.2 Å². The van der Waals surface area contributed by atoms with Gasteiger partial charge in [-0.2, -0.15) is 0 Å². The molecule has 0 spiro atoms. The average molecular weight is 302 g/mol. The van der Waals surface area contributed by atoms with Gasteiger partial charge < -0.3 is 4.90 Å². The number of aryl methyl sites for hydroxylation is 1. The quantitative estimate of drug-likeness (QED) is 0.866. The molecule has 2 aliphatic heterocycles. The first kappa shape index (κ1) is 12.9. The number of halogens is 1. The molecular weight excluding hydrogens is 286 g/mol. The summed E-state index contributed by atoms with van der Waals surface area (Å²) in [6, 6.07) is 8.07. The maximum absolute atomic E-state index is 12.9. The number of anilines is 1. The van der Waals surface area contributed by atoms with Gasteiger partial charge in [0.25, 0.3) is 0 Å². The van der Waals surface area contributed by atoms with Gasteiger partial charge in [0.15, 0.2) is 6.29 Å². The van der Waals surface area contributed by atoms with E-state index in [1.54, 1.807) is 0 Å². The summed E-state index contributed by atoms with van der Waals surface area (Å²) >= 11 is 6.13. The van der Waals surface area contributed by atoms with Gasteiger partial charge >= 0.3 is 0 Å². The van der Waals surface area contributed by atoms with Gasteiger partial charge in [-0.25, -0.2) is 0 Å². The maximum Gasteiger partial charge on any atom is 0.239 e. The molecule has 4 nitrogen and oxygen atoms in total. The Balaban J connectivity index is 1.74. The molecule has 1 amide bonds. The minimum Gasteiger partial charge on any atom is -0.328 e. The summed E-state index contributed by atoms with van der Waals surface area (Å²) in [5, 5.41) is 4.07. The largest absolute Gasteiger partial charge is 0.328 e. The Morgan fingerprint density at radius 1 is 1.24 bits per heavy atom. The van der Waals surface area contributed by atoms with Crippen molar-refractivity contribution in [2.24, 2.45) is 5.92 Å². The summed E-state index contributed by atoms with van der Waals surface area (Å²) in [5.41, 5.74) is 3.19. The van der Waals surface area contributed by atoms with Crippen molar-refractivity contribution in [3.8, 4) is 0 Å². The number of amides is 1. The van der Waals surface area contributed by atoms with Gasteiger partial charge in [-0.05, 0) is 31.2 Å². The van der Waals surface area contributed by atoms with E-state index in [4.69, 9.17) is 11.6 Å². The highest BCUT2D eigenvalue weighted by atomic mass is 35.5. The van der Waals surface area contributed by atoms with Crippen molar-refractivity contribution in [1.29, 1.82) is 0 Å². The predicted octanol–water partition coefficient (Wildman–Crippen LogP) is 2.51. The normalized spacial score (nSPS) is 27.4. The van der Waals surface area contributed by atoms with Gasteiger partial charge in [0.05, 0.1) is 12.6 Å². The van der Waals surface area contributed by atoms with Gasteiger partial charge in [0.1, 0.15) is 0 Å². The zero-order valence-electron chi connectivity index (χ0n) is 11.7. The van der Waals surface area contributed by atoms with Crippen LogP contribution in [0.5, 0.6) is 0 Å². The summed E-state index contributed by atoms with van der Waals surface area (Å²) in [7, 11) is 0. The highest BCUT2D eigenvalue weighted by Gasteiger charge is 2.48. The van der Waals surface area contributed by atoms with Crippen molar-refractivity contribution in [1.82, 2.24) is 10.2 Å². The molecule has 2 unspecified atom stereocenters. The average Bonchev–Trinajstić information content (AvgIpc) is 2.44. The van der Waals surface area contributed by atoms with Gasteiger partial charge in [-0.1, -0.05) is 29.3 Å². The van der Waals surface area contributed by atoms with Crippen molar-refractivity contribution in [2.45, 2.75) is 19.6 Å². The molecule has 108 valence electrons.